The fourth-order valence-corrected chi connectivity index (χ4v) is 8.62. The molecule has 0 N–H and O–H groups in total. The van der Waals surface area contributed by atoms with Crippen LogP contribution >= 0.6 is 0 Å². The fourth-order valence-electron chi connectivity index (χ4n) is 8.62. The number of Topliss-reactive ketones (excluding diaryl/α,β-unsaturated/α-hetero) is 2. The van der Waals surface area contributed by atoms with E-state index in [1.807, 2.05) is 0 Å². The predicted octanol–water partition coefficient (Wildman–Crippen LogP) is 4.82. The second-order valence-corrected chi connectivity index (χ2v) is 10.9. The predicted molar refractivity (Wildman–Crippen MR) is 101 cm³/mol. The van der Waals surface area contributed by atoms with Gasteiger partial charge in [0.2, 0.25) is 0 Å². The van der Waals surface area contributed by atoms with Gasteiger partial charge in [0.25, 0.3) is 0 Å². The maximum Gasteiger partial charge on any atom is 0.149 e. The van der Waals surface area contributed by atoms with Crippen LogP contribution in [0.3, 0.4) is 0 Å². The van der Waals surface area contributed by atoms with Crippen LogP contribution in [0, 0.1) is 46.3 Å². The van der Waals surface area contributed by atoms with Gasteiger partial charge in [-0.3, -0.25) is 9.59 Å². The molecule has 3 heteroatoms. The van der Waals surface area contributed by atoms with Crippen LogP contribution < -0.4 is 0 Å². The van der Waals surface area contributed by atoms with Crippen LogP contribution in [-0.2, 0) is 14.3 Å². The van der Waals surface area contributed by atoms with E-state index >= 15 is 0 Å². The van der Waals surface area contributed by atoms with E-state index in [1.165, 1.54) is 12.8 Å². The molecular formula is C24H30O3. The Balaban J connectivity index is 1.28. The summed E-state index contributed by atoms with van der Waals surface area (Å²) in [6.45, 7) is 8.54. The summed E-state index contributed by atoms with van der Waals surface area (Å²) >= 11 is 0. The van der Waals surface area contributed by atoms with Gasteiger partial charge in [-0.05, 0) is 87.9 Å². The fraction of sp³-hybridized carbons (Fsp3) is 0.750. The SMILES string of the molecule is C=C(OC(=C)C12CC3CC(CC(C3)C1=O)C2)C12CC3CC(CC(C3)C1=O)C2. The van der Waals surface area contributed by atoms with Crippen molar-refractivity contribution >= 4 is 11.6 Å². The minimum Gasteiger partial charge on any atom is -0.465 e. The van der Waals surface area contributed by atoms with Crippen LogP contribution in [0.25, 0.3) is 0 Å². The Morgan fingerprint density at radius 1 is 0.667 bits per heavy atom. The topological polar surface area (TPSA) is 43.4 Å². The van der Waals surface area contributed by atoms with Gasteiger partial charge in [-0.2, -0.15) is 0 Å². The van der Waals surface area contributed by atoms with E-state index in [2.05, 4.69) is 13.2 Å². The molecule has 8 bridgehead atoms. The maximum absolute atomic E-state index is 13.2. The highest BCUT2D eigenvalue weighted by atomic mass is 16.5. The molecule has 0 aromatic carbocycles. The van der Waals surface area contributed by atoms with Crippen molar-refractivity contribution in [2.45, 2.75) is 64.2 Å². The average molecular weight is 367 g/mol. The highest BCUT2D eigenvalue weighted by molar-refractivity contribution is 5.92. The van der Waals surface area contributed by atoms with E-state index in [9.17, 15) is 9.59 Å². The van der Waals surface area contributed by atoms with Crippen molar-refractivity contribution in [2.24, 2.45) is 46.3 Å². The number of carbonyl (C=O) groups is 2. The molecule has 0 spiro atoms. The molecule has 144 valence electrons. The zero-order chi connectivity index (χ0) is 18.6. The van der Waals surface area contributed by atoms with Crippen molar-refractivity contribution in [3.63, 3.8) is 0 Å². The number of rotatable bonds is 4. The summed E-state index contributed by atoms with van der Waals surface area (Å²) in [7, 11) is 0. The van der Waals surface area contributed by atoms with E-state index in [1.54, 1.807) is 0 Å². The van der Waals surface area contributed by atoms with Crippen LogP contribution in [0.4, 0.5) is 0 Å². The Kier molecular flexibility index (Phi) is 3.16. The van der Waals surface area contributed by atoms with Crippen molar-refractivity contribution < 1.29 is 14.3 Å². The summed E-state index contributed by atoms with van der Waals surface area (Å²) in [5.41, 5.74) is -0.994. The summed E-state index contributed by atoms with van der Waals surface area (Å²) in [5.74, 6) is 4.97. The Bertz CT molecular complexity index is 684. The quantitative estimate of drug-likeness (QED) is 0.670. The summed E-state index contributed by atoms with van der Waals surface area (Å²) in [5, 5.41) is 0. The van der Waals surface area contributed by atoms with Crippen molar-refractivity contribution in [3.8, 4) is 0 Å². The third kappa shape index (κ3) is 2.04. The third-order valence-corrected chi connectivity index (χ3v) is 9.35. The van der Waals surface area contributed by atoms with Crippen molar-refractivity contribution in [1.82, 2.24) is 0 Å². The number of hydrogen-bond acceptors (Lipinski definition) is 3. The van der Waals surface area contributed by atoms with E-state index in [-0.39, 0.29) is 11.8 Å². The van der Waals surface area contributed by atoms with Gasteiger partial charge in [-0.15, -0.1) is 0 Å². The molecule has 0 heterocycles. The second kappa shape index (κ2) is 5.15. The first-order chi connectivity index (χ1) is 12.9. The molecule has 0 aromatic rings. The molecule has 27 heavy (non-hydrogen) atoms. The van der Waals surface area contributed by atoms with Gasteiger partial charge in [0.15, 0.2) is 0 Å². The zero-order valence-corrected chi connectivity index (χ0v) is 16.2. The van der Waals surface area contributed by atoms with Crippen molar-refractivity contribution in [2.75, 3.05) is 0 Å². The van der Waals surface area contributed by atoms with Crippen LogP contribution in [0.5, 0.6) is 0 Å². The molecule has 0 radical (unpaired) electrons. The lowest BCUT2D eigenvalue weighted by Crippen LogP contribution is -2.56. The average Bonchev–Trinajstić information content (AvgIpc) is 2.62. The van der Waals surface area contributed by atoms with Crippen molar-refractivity contribution in [3.05, 3.63) is 24.7 Å². The summed E-state index contributed by atoms with van der Waals surface area (Å²) < 4.78 is 6.33. The molecule has 0 aliphatic heterocycles. The number of allylic oxidation sites excluding steroid dienone is 2. The molecule has 8 aliphatic rings. The summed E-state index contributed by atoms with van der Waals surface area (Å²) in [4.78, 5) is 26.4. The number of hydrogen-bond donors (Lipinski definition) is 0. The first-order valence-corrected chi connectivity index (χ1v) is 11.0. The molecule has 4 unspecified atom stereocenters. The minimum absolute atomic E-state index is 0.214. The molecule has 8 saturated carbocycles. The normalized spacial score (nSPS) is 51.7. The summed E-state index contributed by atoms with van der Waals surface area (Å²) in [6, 6.07) is 0. The Morgan fingerprint density at radius 3 is 1.33 bits per heavy atom. The molecule has 3 nitrogen and oxygen atoms in total. The van der Waals surface area contributed by atoms with E-state index in [0.717, 1.165) is 51.4 Å². The van der Waals surface area contributed by atoms with Crippen LogP contribution in [0.2, 0.25) is 0 Å². The second-order valence-electron chi connectivity index (χ2n) is 10.9. The number of carbonyl (C=O) groups excluding carboxylic acids is 2. The molecule has 0 aromatic heterocycles. The Morgan fingerprint density at radius 2 is 1.00 bits per heavy atom. The third-order valence-electron chi connectivity index (χ3n) is 9.35. The van der Waals surface area contributed by atoms with E-state index < -0.39 is 10.8 Å². The van der Waals surface area contributed by atoms with Gasteiger partial charge >= 0.3 is 0 Å². The standard InChI is InChI=1S/C24H30O3/c1-13(23-9-15-3-16(10-23)6-19(5-15)21(23)25)27-14(2)24-11-17-4-18(12-24)8-20(7-17)22(24)26/h15-20H,1-12H2. The first-order valence-electron chi connectivity index (χ1n) is 11.0. The zero-order valence-electron chi connectivity index (χ0n) is 16.2. The molecule has 4 atom stereocenters. The Labute approximate surface area is 161 Å². The molecule has 0 saturated heterocycles. The molecule has 8 fully saturated rings. The molecular weight excluding hydrogens is 336 g/mol. The molecule has 8 aliphatic carbocycles. The lowest BCUT2D eigenvalue weighted by Gasteiger charge is -2.57. The Hall–Kier alpha value is -1.38. The highest BCUT2D eigenvalue weighted by Gasteiger charge is 2.61. The van der Waals surface area contributed by atoms with Gasteiger partial charge in [-0.1, -0.05) is 13.2 Å². The van der Waals surface area contributed by atoms with Gasteiger partial charge in [0.1, 0.15) is 23.1 Å². The van der Waals surface area contributed by atoms with Gasteiger partial charge < -0.3 is 4.74 Å². The number of ether oxygens (including phenoxy) is 1. The molecule has 0 amide bonds. The maximum atomic E-state index is 13.2. The van der Waals surface area contributed by atoms with Gasteiger partial charge in [-0.25, -0.2) is 0 Å². The smallest absolute Gasteiger partial charge is 0.149 e. The highest BCUT2D eigenvalue weighted by Crippen LogP contribution is 2.63. The minimum atomic E-state index is -0.497. The molecule has 8 rings (SSSR count). The first kappa shape index (κ1) is 16.6. The lowest BCUT2D eigenvalue weighted by atomic mass is 9.48. The van der Waals surface area contributed by atoms with Crippen LogP contribution in [0.1, 0.15) is 64.2 Å². The van der Waals surface area contributed by atoms with Gasteiger partial charge in [0.05, 0.1) is 10.8 Å². The van der Waals surface area contributed by atoms with E-state index in [4.69, 9.17) is 4.74 Å². The van der Waals surface area contributed by atoms with Gasteiger partial charge in [0, 0.05) is 11.8 Å². The number of ketones is 2. The lowest BCUT2D eigenvalue weighted by molar-refractivity contribution is -0.156. The summed E-state index contributed by atoms with van der Waals surface area (Å²) in [6.07, 6.45) is 10.4. The van der Waals surface area contributed by atoms with Crippen LogP contribution in [0.15, 0.2) is 24.7 Å². The van der Waals surface area contributed by atoms with Crippen LogP contribution in [-0.4, -0.2) is 11.6 Å². The van der Waals surface area contributed by atoms with Crippen molar-refractivity contribution in [1.29, 1.82) is 0 Å². The van der Waals surface area contributed by atoms with E-state index in [0.29, 0.717) is 46.8 Å². The monoisotopic (exact) mass is 366 g/mol. The largest absolute Gasteiger partial charge is 0.465 e.